The average molecular weight is 190 g/mol. The minimum atomic E-state index is 0.566. The van der Waals surface area contributed by atoms with Crippen LogP contribution in [0.2, 0.25) is 0 Å². The summed E-state index contributed by atoms with van der Waals surface area (Å²) in [6, 6.07) is 5.39. The Labute approximate surface area is 80.9 Å². The lowest BCUT2D eigenvalue weighted by atomic mass is 10.4. The molecule has 0 saturated heterocycles. The Balaban J connectivity index is 1.95. The van der Waals surface area contributed by atoms with Gasteiger partial charge in [-0.2, -0.15) is 0 Å². The van der Waals surface area contributed by atoms with Crippen molar-refractivity contribution in [2.45, 2.75) is 6.54 Å². The maximum Gasteiger partial charge on any atom is 0.155 e. The first-order valence-corrected chi connectivity index (χ1v) is 4.19. The van der Waals surface area contributed by atoms with E-state index in [2.05, 4.69) is 15.5 Å². The molecular weight excluding hydrogens is 180 g/mol. The van der Waals surface area contributed by atoms with Crippen molar-refractivity contribution >= 4 is 11.5 Å². The third-order valence-electron chi connectivity index (χ3n) is 1.72. The van der Waals surface area contributed by atoms with Crippen LogP contribution in [0.4, 0.5) is 11.5 Å². The van der Waals surface area contributed by atoms with Gasteiger partial charge in [0, 0.05) is 6.07 Å². The molecular formula is C9H10N4O. The van der Waals surface area contributed by atoms with Gasteiger partial charge in [0.25, 0.3) is 0 Å². The molecule has 2 aromatic rings. The highest BCUT2D eigenvalue weighted by molar-refractivity contribution is 5.43. The molecule has 0 aliphatic heterocycles. The number of anilines is 2. The number of aromatic nitrogens is 2. The van der Waals surface area contributed by atoms with E-state index in [1.165, 1.54) is 0 Å². The molecule has 0 aromatic carbocycles. The Morgan fingerprint density at radius 3 is 2.93 bits per heavy atom. The first-order chi connectivity index (χ1) is 6.84. The van der Waals surface area contributed by atoms with Gasteiger partial charge in [0.15, 0.2) is 5.76 Å². The zero-order valence-corrected chi connectivity index (χ0v) is 7.47. The van der Waals surface area contributed by atoms with Gasteiger partial charge in [-0.3, -0.25) is 0 Å². The fourth-order valence-electron chi connectivity index (χ4n) is 1.02. The van der Waals surface area contributed by atoms with Gasteiger partial charge in [-0.1, -0.05) is 5.16 Å². The number of hydrogen-bond donors (Lipinski definition) is 2. The highest BCUT2D eigenvalue weighted by atomic mass is 16.5. The first-order valence-electron chi connectivity index (χ1n) is 4.19. The minimum Gasteiger partial charge on any atom is -0.397 e. The van der Waals surface area contributed by atoms with Crippen molar-refractivity contribution in [3.05, 3.63) is 36.4 Å². The van der Waals surface area contributed by atoms with E-state index in [4.69, 9.17) is 10.3 Å². The number of nitrogens with two attached hydrogens (primary N) is 1. The summed E-state index contributed by atoms with van der Waals surface area (Å²) < 4.78 is 4.91. The number of hydrogen-bond acceptors (Lipinski definition) is 5. The smallest absolute Gasteiger partial charge is 0.155 e. The van der Waals surface area contributed by atoms with Gasteiger partial charge in [-0.25, -0.2) is 4.98 Å². The van der Waals surface area contributed by atoms with Gasteiger partial charge in [-0.15, -0.1) is 0 Å². The van der Waals surface area contributed by atoms with Crippen LogP contribution in [0.1, 0.15) is 5.76 Å². The molecule has 0 bridgehead atoms. The van der Waals surface area contributed by atoms with Crippen molar-refractivity contribution < 1.29 is 4.52 Å². The highest BCUT2D eigenvalue weighted by Gasteiger charge is 1.97. The van der Waals surface area contributed by atoms with Gasteiger partial charge >= 0.3 is 0 Å². The lowest BCUT2D eigenvalue weighted by Crippen LogP contribution is -2.00. The number of nitrogens with zero attached hydrogens (tertiary/aromatic N) is 2. The standard InChI is InChI=1S/C9H10N4O/c10-7-1-2-9(11-5-7)12-6-8-3-4-13-14-8/h1-5H,6,10H2,(H,11,12). The Kier molecular flexibility index (Phi) is 2.31. The molecule has 0 atom stereocenters. The quantitative estimate of drug-likeness (QED) is 0.762. The van der Waals surface area contributed by atoms with E-state index >= 15 is 0 Å². The summed E-state index contributed by atoms with van der Waals surface area (Å²) in [5, 5.41) is 6.67. The topological polar surface area (TPSA) is 77.0 Å². The second-order valence-corrected chi connectivity index (χ2v) is 2.81. The molecule has 2 heterocycles. The van der Waals surface area contributed by atoms with Crippen LogP contribution >= 0.6 is 0 Å². The Bertz CT molecular complexity index is 382. The Morgan fingerprint density at radius 2 is 2.29 bits per heavy atom. The van der Waals surface area contributed by atoms with Crippen molar-refractivity contribution in [1.82, 2.24) is 10.1 Å². The largest absolute Gasteiger partial charge is 0.397 e. The predicted molar refractivity (Wildman–Crippen MR) is 52.5 cm³/mol. The molecule has 72 valence electrons. The Morgan fingerprint density at radius 1 is 1.36 bits per heavy atom. The normalized spacial score (nSPS) is 10.0. The molecule has 0 saturated carbocycles. The number of pyridine rings is 1. The molecule has 3 N–H and O–H groups in total. The maximum absolute atomic E-state index is 5.50. The third-order valence-corrected chi connectivity index (χ3v) is 1.72. The van der Waals surface area contributed by atoms with Crippen LogP contribution in [0.5, 0.6) is 0 Å². The molecule has 0 fully saturated rings. The van der Waals surface area contributed by atoms with Crippen LogP contribution in [0.25, 0.3) is 0 Å². The van der Waals surface area contributed by atoms with Crippen LogP contribution in [0.15, 0.2) is 35.1 Å². The molecule has 5 heteroatoms. The lowest BCUT2D eigenvalue weighted by molar-refractivity contribution is 0.388. The van der Waals surface area contributed by atoms with Gasteiger partial charge in [0.2, 0.25) is 0 Å². The van der Waals surface area contributed by atoms with Crippen LogP contribution in [-0.4, -0.2) is 10.1 Å². The van der Waals surface area contributed by atoms with E-state index in [0.717, 1.165) is 11.6 Å². The molecule has 5 nitrogen and oxygen atoms in total. The van der Waals surface area contributed by atoms with Gasteiger partial charge in [-0.05, 0) is 12.1 Å². The molecule has 2 aromatic heterocycles. The zero-order valence-electron chi connectivity index (χ0n) is 7.47. The van der Waals surface area contributed by atoms with Crippen molar-refractivity contribution in [3.8, 4) is 0 Å². The summed E-state index contributed by atoms with van der Waals surface area (Å²) in [6.07, 6.45) is 3.20. The molecule has 0 unspecified atom stereocenters. The summed E-state index contributed by atoms with van der Waals surface area (Å²) in [7, 11) is 0. The lowest BCUT2D eigenvalue weighted by Gasteiger charge is -2.02. The molecule has 0 radical (unpaired) electrons. The van der Waals surface area contributed by atoms with E-state index in [9.17, 15) is 0 Å². The number of nitrogen functional groups attached to an aromatic ring is 1. The fraction of sp³-hybridized carbons (Fsp3) is 0.111. The second kappa shape index (κ2) is 3.78. The predicted octanol–water partition coefficient (Wildman–Crippen LogP) is 1.26. The number of nitrogens with one attached hydrogen (secondary N) is 1. The summed E-state index contributed by atoms with van der Waals surface area (Å²) in [4.78, 5) is 4.08. The van der Waals surface area contributed by atoms with E-state index in [1.807, 2.05) is 6.07 Å². The van der Waals surface area contributed by atoms with E-state index < -0.39 is 0 Å². The van der Waals surface area contributed by atoms with Crippen molar-refractivity contribution in [2.24, 2.45) is 0 Å². The molecule has 0 aliphatic carbocycles. The third kappa shape index (κ3) is 2.01. The molecule has 14 heavy (non-hydrogen) atoms. The van der Waals surface area contributed by atoms with E-state index in [0.29, 0.717) is 12.2 Å². The summed E-state index contributed by atoms with van der Waals surface area (Å²) >= 11 is 0. The number of rotatable bonds is 3. The average Bonchev–Trinajstić information content (AvgIpc) is 2.70. The first kappa shape index (κ1) is 8.55. The minimum absolute atomic E-state index is 0.566. The van der Waals surface area contributed by atoms with Crippen molar-refractivity contribution in [3.63, 3.8) is 0 Å². The molecule has 0 aliphatic rings. The second-order valence-electron chi connectivity index (χ2n) is 2.81. The summed E-state index contributed by atoms with van der Waals surface area (Å²) in [5.41, 5.74) is 6.15. The van der Waals surface area contributed by atoms with Gasteiger partial charge in [0.05, 0.1) is 24.6 Å². The maximum atomic E-state index is 5.50. The summed E-state index contributed by atoms with van der Waals surface area (Å²) in [6.45, 7) is 0.566. The van der Waals surface area contributed by atoms with Crippen LogP contribution in [0, 0.1) is 0 Å². The van der Waals surface area contributed by atoms with E-state index in [-0.39, 0.29) is 0 Å². The van der Waals surface area contributed by atoms with Crippen molar-refractivity contribution in [1.29, 1.82) is 0 Å². The molecule has 0 amide bonds. The fourth-order valence-corrected chi connectivity index (χ4v) is 1.02. The Hall–Kier alpha value is -2.04. The monoisotopic (exact) mass is 190 g/mol. The van der Waals surface area contributed by atoms with Crippen LogP contribution < -0.4 is 11.1 Å². The highest BCUT2D eigenvalue weighted by Crippen LogP contribution is 2.07. The SMILES string of the molecule is Nc1ccc(NCc2ccno2)nc1. The van der Waals surface area contributed by atoms with Gasteiger partial charge < -0.3 is 15.6 Å². The van der Waals surface area contributed by atoms with Crippen molar-refractivity contribution in [2.75, 3.05) is 11.1 Å². The van der Waals surface area contributed by atoms with E-state index in [1.54, 1.807) is 24.5 Å². The summed E-state index contributed by atoms with van der Waals surface area (Å²) in [5.74, 6) is 1.53. The molecule has 0 spiro atoms. The zero-order chi connectivity index (χ0) is 9.80. The van der Waals surface area contributed by atoms with Crippen LogP contribution in [-0.2, 0) is 6.54 Å². The molecule has 2 rings (SSSR count). The van der Waals surface area contributed by atoms with Gasteiger partial charge in [0.1, 0.15) is 5.82 Å². The van der Waals surface area contributed by atoms with Crippen LogP contribution in [0.3, 0.4) is 0 Å².